The van der Waals surface area contributed by atoms with Crippen LogP contribution in [0.5, 0.6) is 0 Å². The van der Waals surface area contributed by atoms with E-state index in [1.807, 2.05) is 35.2 Å². The highest BCUT2D eigenvalue weighted by molar-refractivity contribution is 5.82. The first-order valence-corrected chi connectivity index (χ1v) is 6.47. The van der Waals surface area contributed by atoms with E-state index in [4.69, 9.17) is 5.11 Å². The second-order valence-corrected chi connectivity index (χ2v) is 4.43. The third-order valence-corrected chi connectivity index (χ3v) is 2.75. The highest BCUT2D eigenvalue weighted by atomic mass is 16.4. The van der Waals surface area contributed by atoms with Crippen molar-refractivity contribution < 1.29 is 14.7 Å². The zero-order valence-corrected chi connectivity index (χ0v) is 11.4. The first-order valence-electron chi connectivity index (χ1n) is 6.47. The smallest absolute Gasteiger partial charge is 0.322 e. The van der Waals surface area contributed by atoms with Crippen LogP contribution in [-0.2, 0) is 16.0 Å². The molecule has 1 aromatic carbocycles. The molecule has 5 nitrogen and oxygen atoms in total. The lowest BCUT2D eigenvalue weighted by Crippen LogP contribution is -2.40. The maximum absolute atomic E-state index is 11.6. The number of nitrogens with zero attached hydrogens (tertiary/aromatic N) is 1. The maximum atomic E-state index is 11.6. The zero-order valence-electron chi connectivity index (χ0n) is 11.4. The van der Waals surface area contributed by atoms with Crippen LogP contribution in [0.3, 0.4) is 0 Å². The van der Waals surface area contributed by atoms with Gasteiger partial charge in [-0.3, -0.25) is 14.5 Å². The summed E-state index contributed by atoms with van der Waals surface area (Å²) in [5, 5.41) is 10.9. The number of aliphatic carboxylic acids is 1. The summed E-state index contributed by atoms with van der Waals surface area (Å²) in [6.07, 6.45) is 2.57. The van der Waals surface area contributed by atoms with E-state index in [2.05, 4.69) is 11.9 Å². The van der Waals surface area contributed by atoms with E-state index in [9.17, 15) is 9.59 Å². The summed E-state index contributed by atoms with van der Waals surface area (Å²) in [6, 6.07) is 10.00. The SMILES string of the molecule is C=CCN(CCc1ccccc1)CC(=O)NCC(=O)O. The Labute approximate surface area is 118 Å². The molecule has 20 heavy (non-hydrogen) atoms. The summed E-state index contributed by atoms with van der Waals surface area (Å²) in [7, 11) is 0. The number of hydrogen-bond donors (Lipinski definition) is 2. The molecule has 0 aromatic heterocycles. The van der Waals surface area contributed by atoms with E-state index in [-0.39, 0.29) is 19.0 Å². The molecule has 0 saturated heterocycles. The van der Waals surface area contributed by atoms with Crippen LogP contribution in [-0.4, -0.2) is 48.1 Å². The molecule has 0 fully saturated rings. The Hall–Kier alpha value is -2.14. The fourth-order valence-corrected chi connectivity index (χ4v) is 1.78. The van der Waals surface area contributed by atoms with E-state index < -0.39 is 5.97 Å². The largest absolute Gasteiger partial charge is 0.480 e. The number of amides is 1. The highest BCUT2D eigenvalue weighted by Gasteiger charge is 2.10. The molecule has 2 N–H and O–H groups in total. The number of carboxylic acids is 1. The van der Waals surface area contributed by atoms with E-state index in [1.165, 1.54) is 5.56 Å². The highest BCUT2D eigenvalue weighted by Crippen LogP contribution is 2.01. The average Bonchev–Trinajstić information content (AvgIpc) is 2.44. The van der Waals surface area contributed by atoms with Crippen LogP contribution < -0.4 is 5.32 Å². The van der Waals surface area contributed by atoms with Crippen molar-refractivity contribution in [2.75, 3.05) is 26.2 Å². The fourth-order valence-electron chi connectivity index (χ4n) is 1.78. The molecule has 1 rings (SSSR count). The molecule has 0 atom stereocenters. The van der Waals surface area contributed by atoms with Crippen molar-refractivity contribution in [3.05, 3.63) is 48.6 Å². The lowest BCUT2D eigenvalue weighted by atomic mass is 10.1. The second-order valence-electron chi connectivity index (χ2n) is 4.43. The van der Waals surface area contributed by atoms with Crippen LogP contribution in [0.4, 0.5) is 0 Å². The van der Waals surface area contributed by atoms with Gasteiger partial charge in [0.2, 0.25) is 5.91 Å². The zero-order chi connectivity index (χ0) is 14.8. The van der Waals surface area contributed by atoms with Gasteiger partial charge in [0.15, 0.2) is 0 Å². The third-order valence-electron chi connectivity index (χ3n) is 2.75. The molecule has 0 aliphatic rings. The Morgan fingerprint density at radius 1 is 1.30 bits per heavy atom. The van der Waals surface area contributed by atoms with Crippen molar-refractivity contribution in [2.24, 2.45) is 0 Å². The van der Waals surface area contributed by atoms with Crippen molar-refractivity contribution in [1.82, 2.24) is 10.2 Å². The van der Waals surface area contributed by atoms with E-state index >= 15 is 0 Å². The molecule has 1 aromatic rings. The lowest BCUT2D eigenvalue weighted by Gasteiger charge is -2.19. The molecule has 0 unspecified atom stereocenters. The summed E-state index contributed by atoms with van der Waals surface area (Å²) < 4.78 is 0. The van der Waals surface area contributed by atoms with Gasteiger partial charge in [-0.15, -0.1) is 6.58 Å². The van der Waals surface area contributed by atoms with Gasteiger partial charge in [-0.1, -0.05) is 36.4 Å². The van der Waals surface area contributed by atoms with Crippen molar-refractivity contribution in [1.29, 1.82) is 0 Å². The molecule has 0 radical (unpaired) electrons. The number of rotatable bonds is 9. The van der Waals surface area contributed by atoms with Crippen molar-refractivity contribution in [3.63, 3.8) is 0 Å². The number of carbonyl (C=O) groups is 2. The standard InChI is InChI=1S/C15H20N2O3/c1-2-9-17(12-14(18)16-11-15(19)20)10-8-13-6-4-3-5-7-13/h2-7H,1,8-12H2,(H,16,18)(H,19,20). The molecule has 108 valence electrons. The van der Waals surface area contributed by atoms with E-state index in [0.29, 0.717) is 6.54 Å². The van der Waals surface area contributed by atoms with Gasteiger partial charge in [0.05, 0.1) is 6.54 Å². The van der Waals surface area contributed by atoms with Crippen molar-refractivity contribution in [3.8, 4) is 0 Å². The fraction of sp³-hybridized carbons (Fsp3) is 0.333. The van der Waals surface area contributed by atoms with Crippen molar-refractivity contribution >= 4 is 11.9 Å². The van der Waals surface area contributed by atoms with Gasteiger partial charge < -0.3 is 10.4 Å². The van der Waals surface area contributed by atoms with Crippen molar-refractivity contribution in [2.45, 2.75) is 6.42 Å². The number of benzene rings is 1. The monoisotopic (exact) mass is 276 g/mol. The number of nitrogens with one attached hydrogen (secondary N) is 1. The van der Waals surface area contributed by atoms with E-state index in [1.54, 1.807) is 6.08 Å². The summed E-state index contributed by atoms with van der Waals surface area (Å²) in [6.45, 7) is 4.80. The quantitative estimate of drug-likeness (QED) is 0.658. The molecule has 0 bridgehead atoms. The third kappa shape index (κ3) is 6.70. The van der Waals surface area contributed by atoms with Gasteiger partial charge in [-0.2, -0.15) is 0 Å². The molecule has 0 aliphatic heterocycles. The molecule has 1 amide bonds. The Morgan fingerprint density at radius 2 is 2.00 bits per heavy atom. The predicted octanol–water partition coefficient (Wildman–Crippen LogP) is 0.918. The Kier molecular flexibility index (Phi) is 7.06. The molecule has 0 aliphatic carbocycles. The van der Waals surface area contributed by atoms with Crippen LogP contribution in [0.25, 0.3) is 0 Å². The minimum absolute atomic E-state index is 0.173. The van der Waals surface area contributed by atoms with Crippen LogP contribution in [0.2, 0.25) is 0 Å². The minimum Gasteiger partial charge on any atom is -0.480 e. The van der Waals surface area contributed by atoms with Gasteiger partial charge in [-0.05, 0) is 12.0 Å². The number of carbonyl (C=O) groups excluding carboxylic acids is 1. The summed E-state index contributed by atoms with van der Waals surface area (Å²) in [4.78, 5) is 23.9. The minimum atomic E-state index is -1.04. The van der Waals surface area contributed by atoms with Gasteiger partial charge in [-0.25, -0.2) is 0 Å². The van der Waals surface area contributed by atoms with Gasteiger partial charge in [0.1, 0.15) is 6.54 Å². The maximum Gasteiger partial charge on any atom is 0.322 e. The Bertz CT molecular complexity index is 446. The van der Waals surface area contributed by atoms with Crippen LogP contribution in [0.15, 0.2) is 43.0 Å². The molecule has 0 spiro atoms. The van der Waals surface area contributed by atoms with Crippen LogP contribution in [0, 0.1) is 0 Å². The normalized spacial score (nSPS) is 10.2. The summed E-state index contributed by atoms with van der Waals surface area (Å²) >= 11 is 0. The summed E-state index contributed by atoms with van der Waals surface area (Å²) in [5.41, 5.74) is 1.20. The first kappa shape index (κ1) is 15.9. The van der Waals surface area contributed by atoms with Crippen LogP contribution in [0.1, 0.15) is 5.56 Å². The lowest BCUT2D eigenvalue weighted by molar-refractivity contribution is -0.138. The average molecular weight is 276 g/mol. The summed E-state index contributed by atoms with van der Waals surface area (Å²) in [5.74, 6) is -1.33. The number of hydrogen-bond acceptors (Lipinski definition) is 3. The Balaban J connectivity index is 2.41. The van der Waals surface area contributed by atoms with Gasteiger partial charge in [0, 0.05) is 13.1 Å². The van der Waals surface area contributed by atoms with Gasteiger partial charge >= 0.3 is 5.97 Å². The van der Waals surface area contributed by atoms with Gasteiger partial charge in [0.25, 0.3) is 0 Å². The molecule has 0 saturated carbocycles. The second kappa shape index (κ2) is 8.87. The van der Waals surface area contributed by atoms with Crippen LogP contribution >= 0.6 is 0 Å². The Morgan fingerprint density at radius 3 is 2.60 bits per heavy atom. The molecular weight excluding hydrogens is 256 g/mol. The molecule has 5 heteroatoms. The molecular formula is C15H20N2O3. The van der Waals surface area contributed by atoms with E-state index in [0.717, 1.165) is 13.0 Å². The predicted molar refractivity (Wildman–Crippen MR) is 77.4 cm³/mol. The topological polar surface area (TPSA) is 69.6 Å². The first-order chi connectivity index (χ1) is 9.61. The molecule has 0 heterocycles. The number of carboxylic acid groups (broad SMARTS) is 1.